The van der Waals surface area contributed by atoms with Crippen LogP contribution in [0.5, 0.6) is 11.5 Å². The normalized spacial score (nSPS) is 10.3. The van der Waals surface area contributed by atoms with Gasteiger partial charge >= 0.3 is 5.97 Å². The number of halogens is 2. The molecular formula is C17H16I2O4. The number of hydrogen-bond acceptors (Lipinski definition) is 4. The van der Waals surface area contributed by atoms with Gasteiger partial charge in [0.15, 0.2) is 0 Å². The highest BCUT2D eigenvalue weighted by molar-refractivity contribution is 14.1. The topological polar surface area (TPSA) is 44.8 Å². The second-order valence-corrected chi connectivity index (χ2v) is 7.23. The van der Waals surface area contributed by atoms with E-state index in [1.165, 1.54) is 10.7 Å². The Morgan fingerprint density at radius 2 is 1.52 bits per heavy atom. The van der Waals surface area contributed by atoms with E-state index >= 15 is 0 Å². The molecule has 4 nitrogen and oxygen atoms in total. The molecule has 2 aromatic carbocycles. The van der Waals surface area contributed by atoms with E-state index in [-0.39, 0.29) is 0 Å². The molecule has 122 valence electrons. The van der Waals surface area contributed by atoms with E-state index in [0.717, 1.165) is 14.9 Å². The maximum Gasteiger partial charge on any atom is 0.341 e. The Bertz CT molecular complexity index is 701. The van der Waals surface area contributed by atoms with Crippen LogP contribution in [0.15, 0.2) is 36.4 Å². The molecule has 0 aliphatic rings. The molecule has 0 saturated carbocycles. The minimum Gasteiger partial charge on any atom is -0.490 e. The molecule has 0 heterocycles. The average Bonchev–Trinajstić information content (AvgIpc) is 2.53. The number of hydrogen-bond donors (Lipinski definition) is 0. The molecule has 0 atom stereocenters. The second kappa shape index (κ2) is 8.72. The van der Waals surface area contributed by atoms with Gasteiger partial charge in [-0.25, -0.2) is 4.79 Å². The molecule has 6 heteroatoms. The summed E-state index contributed by atoms with van der Waals surface area (Å²) in [7, 11) is 1.36. The lowest BCUT2D eigenvalue weighted by molar-refractivity contribution is 0.0595. The van der Waals surface area contributed by atoms with Crippen LogP contribution in [-0.4, -0.2) is 26.3 Å². The summed E-state index contributed by atoms with van der Waals surface area (Å²) in [5.41, 5.74) is 1.51. The van der Waals surface area contributed by atoms with E-state index in [4.69, 9.17) is 14.2 Å². The molecule has 0 radical (unpaired) electrons. The van der Waals surface area contributed by atoms with Crippen molar-refractivity contribution in [1.29, 1.82) is 0 Å². The van der Waals surface area contributed by atoms with Crippen LogP contribution in [0.25, 0.3) is 0 Å². The molecule has 0 spiro atoms. The molecule has 0 amide bonds. The van der Waals surface area contributed by atoms with Gasteiger partial charge in [0.2, 0.25) is 0 Å². The quantitative estimate of drug-likeness (QED) is 0.310. The first-order chi connectivity index (χ1) is 11.0. The molecule has 0 unspecified atom stereocenters. The lowest BCUT2D eigenvalue weighted by Gasteiger charge is -2.12. The summed E-state index contributed by atoms with van der Waals surface area (Å²) in [6, 6.07) is 11.4. The van der Waals surface area contributed by atoms with Crippen molar-refractivity contribution in [3.8, 4) is 11.5 Å². The molecule has 0 aliphatic heterocycles. The highest BCUT2D eigenvalue weighted by Crippen LogP contribution is 2.23. The summed E-state index contributed by atoms with van der Waals surface area (Å²) in [5, 5.41) is 0. The number of esters is 1. The van der Waals surface area contributed by atoms with Crippen LogP contribution in [0, 0.1) is 14.1 Å². The van der Waals surface area contributed by atoms with Gasteiger partial charge in [0, 0.05) is 7.14 Å². The van der Waals surface area contributed by atoms with E-state index in [0.29, 0.717) is 24.5 Å². The standard InChI is InChI=1S/C17H16I2O4/c1-11-9-12(18)3-5-15(11)22-7-8-23-16-6-4-13(19)10-14(16)17(20)21-2/h3-6,9-10H,7-8H2,1-2H3. The van der Waals surface area contributed by atoms with Crippen molar-refractivity contribution in [2.45, 2.75) is 6.92 Å². The number of rotatable bonds is 6. The fourth-order valence-electron chi connectivity index (χ4n) is 1.98. The Labute approximate surface area is 162 Å². The summed E-state index contributed by atoms with van der Waals surface area (Å²) in [4.78, 5) is 11.8. The third-order valence-electron chi connectivity index (χ3n) is 3.08. The summed E-state index contributed by atoms with van der Waals surface area (Å²) in [6.45, 7) is 2.75. The number of ether oxygens (including phenoxy) is 3. The van der Waals surface area contributed by atoms with Gasteiger partial charge in [-0.15, -0.1) is 0 Å². The molecule has 0 aromatic heterocycles. The van der Waals surface area contributed by atoms with E-state index in [2.05, 4.69) is 51.2 Å². The van der Waals surface area contributed by atoms with Crippen molar-refractivity contribution in [2.24, 2.45) is 0 Å². The van der Waals surface area contributed by atoms with Crippen molar-refractivity contribution in [1.82, 2.24) is 0 Å². The van der Waals surface area contributed by atoms with Crippen LogP contribution in [0.4, 0.5) is 0 Å². The predicted octanol–water partition coefficient (Wildman–Crippen LogP) is 4.45. The number of aryl methyl sites for hydroxylation is 1. The van der Waals surface area contributed by atoms with Crippen LogP contribution in [0.3, 0.4) is 0 Å². The molecule has 0 bridgehead atoms. The fraction of sp³-hybridized carbons (Fsp3) is 0.235. The first kappa shape index (κ1) is 18.3. The third-order valence-corrected chi connectivity index (χ3v) is 4.42. The Morgan fingerprint density at radius 1 is 0.957 bits per heavy atom. The minimum atomic E-state index is -0.409. The SMILES string of the molecule is COC(=O)c1cc(I)ccc1OCCOc1ccc(I)cc1C. The highest BCUT2D eigenvalue weighted by atomic mass is 127. The smallest absolute Gasteiger partial charge is 0.341 e. The van der Waals surface area contributed by atoms with E-state index in [1.807, 2.05) is 25.1 Å². The Hall–Kier alpha value is -1.03. The zero-order chi connectivity index (χ0) is 16.8. The summed E-state index contributed by atoms with van der Waals surface area (Å²) >= 11 is 4.41. The molecule has 0 aliphatic carbocycles. The first-order valence-corrected chi connectivity index (χ1v) is 9.06. The van der Waals surface area contributed by atoms with Gasteiger partial charge < -0.3 is 14.2 Å². The Kier molecular flexibility index (Phi) is 6.94. The molecule has 0 N–H and O–H groups in total. The predicted molar refractivity (Wildman–Crippen MR) is 105 cm³/mol. The van der Waals surface area contributed by atoms with Gasteiger partial charge in [0.05, 0.1) is 7.11 Å². The molecule has 23 heavy (non-hydrogen) atoms. The summed E-state index contributed by atoms with van der Waals surface area (Å²) in [5.74, 6) is 0.929. The van der Waals surface area contributed by atoms with E-state index < -0.39 is 5.97 Å². The van der Waals surface area contributed by atoms with Gasteiger partial charge in [-0.05, 0) is 94.1 Å². The van der Waals surface area contributed by atoms with Crippen molar-refractivity contribution in [3.63, 3.8) is 0 Å². The van der Waals surface area contributed by atoms with E-state index in [9.17, 15) is 4.79 Å². The summed E-state index contributed by atoms with van der Waals surface area (Å²) < 4.78 is 18.3. The average molecular weight is 538 g/mol. The van der Waals surface area contributed by atoms with Crippen LogP contribution in [0.2, 0.25) is 0 Å². The van der Waals surface area contributed by atoms with Crippen molar-refractivity contribution >= 4 is 51.2 Å². The Balaban J connectivity index is 1.95. The first-order valence-electron chi connectivity index (χ1n) is 6.91. The fourth-order valence-corrected chi connectivity index (χ4v) is 3.11. The molecular weight excluding hydrogens is 522 g/mol. The van der Waals surface area contributed by atoms with Crippen molar-refractivity contribution < 1.29 is 19.0 Å². The Morgan fingerprint density at radius 3 is 2.13 bits per heavy atom. The number of benzene rings is 2. The summed E-state index contributed by atoms with van der Waals surface area (Å²) in [6.07, 6.45) is 0. The maximum atomic E-state index is 11.8. The lowest BCUT2D eigenvalue weighted by atomic mass is 10.2. The maximum absolute atomic E-state index is 11.8. The van der Waals surface area contributed by atoms with Gasteiger partial charge in [-0.2, -0.15) is 0 Å². The molecule has 2 aromatic rings. The number of carbonyl (C=O) groups excluding carboxylic acids is 1. The van der Waals surface area contributed by atoms with Crippen molar-refractivity contribution in [3.05, 3.63) is 54.7 Å². The van der Waals surface area contributed by atoms with Crippen LogP contribution >= 0.6 is 45.2 Å². The third kappa shape index (κ3) is 5.23. The zero-order valence-electron chi connectivity index (χ0n) is 12.8. The number of methoxy groups -OCH3 is 1. The van der Waals surface area contributed by atoms with Gasteiger partial charge in [0.1, 0.15) is 30.3 Å². The van der Waals surface area contributed by atoms with Crippen molar-refractivity contribution in [2.75, 3.05) is 20.3 Å². The number of carbonyl (C=O) groups is 1. The lowest BCUT2D eigenvalue weighted by Crippen LogP contribution is -2.12. The van der Waals surface area contributed by atoms with Gasteiger partial charge in [-0.1, -0.05) is 0 Å². The largest absolute Gasteiger partial charge is 0.490 e. The minimum absolute atomic E-state index is 0.343. The van der Waals surface area contributed by atoms with Crippen LogP contribution in [-0.2, 0) is 4.74 Å². The highest BCUT2D eigenvalue weighted by Gasteiger charge is 2.13. The van der Waals surface area contributed by atoms with Gasteiger partial charge in [-0.3, -0.25) is 0 Å². The molecule has 0 fully saturated rings. The van der Waals surface area contributed by atoms with Crippen LogP contribution < -0.4 is 9.47 Å². The second-order valence-electron chi connectivity index (χ2n) is 4.74. The van der Waals surface area contributed by atoms with E-state index in [1.54, 1.807) is 12.1 Å². The van der Waals surface area contributed by atoms with Gasteiger partial charge in [0.25, 0.3) is 0 Å². The zero-order valence-corrected chi connectivity index (χ0v) is 17.1. The molecule has 0 saturated heterocycles. The monoisotopic (exact) mass is 538 g/mol. The molecule has 2 rings (SSSR count). The van der Waals surface area contributed by atoms with Crippen LogP contribution in [0.1, 0.15) is 15.9 Å².